The van der Waals surface area contributed by atoms with Crippen LogP contribution in [0.2, 0.25) is 0 Å². The van der Waals surface area contributed by atoms with E-state index in [0.717, 1.165) is 11.8 Å². The number of sulfonamides is 1. The smallest absolute Gasteiger partial charge is 0.293 e. The molecule has 1 rings (SSSR count). The fraction of sp³-hybridized carbons (Fsp3) is 0.455. The zero-order valence-electron chi connectivity index (χ0n) is 11.2. The lowest BCUT2D eigenvalue weighted by Crippen LogP contribution is -2.29. The van der Waals surface area contributed by atoms with Crippen LogP contribution in [-0.4, -0.2) is 31.9 Å². The van der Waals surface area contributed by atoms with Gasteiger partial charge in [-0.05, 0) is 30.1 Å². The summed E-state index contributed by atoms with van der Waals surface area (Å²) in [7, 11) is -3.77. The summed E-state index contributed by atoms with van der Waals surface area (Å²) in [5.74, 6) is 0.994. The van der Waals surface area contributed by atoms with Gasteiger partial charge in [-0.3, -0.25) is 10.1 Å². The van der Waals surface area contributed by atoms with Gasteiger partial charge in [0, 0.05) is 12.6 Å². The number of thioether (sulfide) groups is 1. The first-order valence-electron chi connectivity index (χ1n) is 5.80. The Kier molecular flexibility index (Phi) is 5.78. The van der Waals surface area contributed by atoms with Crippen molar-refractivity contribution in [3.63, 3.8) is 0 Å². The Hall–Kier alpha value is -1.32. The van der Waals surface area contributed by atoms with E-state index in [1.165, 1.54) is 12.1 Å². The molecule has 9 heteroatoms. The number of nitro benzene ring substituents is 1. The average Bonchev–Trinajstić information content (AvgIpc) is 2.37. The van der Waals surface area contributed by atoms with Crippen LogP contribution < -0.4 is 10.5 Å². The molecule has 3 N–H and O–H groups in total. The Balaban J connectivity index is 2.93. The number of hydrogen-bond acceptors (Lipinski definition) is 6. The van der Waals surface area contributed by atoms with Crippen LogP contribution in [0.5, 0.6) is 0 Å². The number of nitrogens with two attached hydrogens (primary N) is 1. The van der Waals surface area contributed by atoms with E-state index in [9.17, 15) is 18.5 Å². The van der Waals surface area contributed by atoms with Crippen molar-refractivity contribution >= 4 is 33.2 Å². The second-order valence-electron chi connectivity index (χ2n) is 4.39. The molecule has 0 bridgehead atoms. The van der Waals surface area contributed by atoms with Gasteiger partial charge in [0.05, 0.1) is 9.82 Å². The van der Waals surface area contributed by atoms with E-state index in [2.05, 4.69) is 4.72 Å². The number of benzene rings is 1. The van der Waals surface area contributed by atoms with Crippen LogP contribution in [0.3, 0.4) is 0 Å². The van der Waals surface area contributed by atoms with E-state index < -0.39 is 20.6 Å². The zero-order valence-corrected chi connectivity index (χ0v) is 12.8. The summed E-state index contributed by atoms with van der Waals surface area (Å²) < 4.78 is 26.5. The Morgan fingerprint density at radius 3 is 2.70 bits per heavy atom. The summed E-state index contributed by atoms with van der Waals surface area (Å²) in [6.45, 7) is 2.20. The van der Waals surface area contributed by atoms with E-state index in [-0.39, 0.29) is 23.0 Å². The van der Waals surface area contributed by atoms with Crippen LogP contribution in [0.15, 0.2) is 23.1 Å². The first-order chi connectivity index (χ1) is 9.27. The highest BCUT2D eigenvalue weighted by molar-refractivity contribution is 7.98. The minimum Gasteiger partial charge on any atom is -0.393 e. The van der Waals surface area contributed by atoms with Crippen LogP contribution in [0.25, 0.3) is 0 Å². The quantitative estimate of drug-likeness (QED) is 0.446. The molecule has 1 aromatic carbocycles. The molecule has 0 fully saturated rings. The lowest BCUT2D eigenvalue weighted by molar-refractivity contribution is -0.384. The number of anilines is 1. The van der Waals surface area contributed by atoms with Gasteiger partial charge in [0.25, 0.3) is 5.69 Å². The minimum atomic E-state index is -3.77. The molecule has 1 aromatic rings. The molecular weight excluding hydrogens is 302 g/mol. The largest absolute Gasteiger partial charge is 0.393 e. The summed E-state index contributed by atoms with van der Waals surface area (Å²) in [5.41, 5.74) is 4.96. The second kappa shape index (κ2) is 6.91. The zero-order chi connectivity index (χ0) is 15.3. The van der Waals surface area contributed by atoms with E-state index in [1.54, 1.807) is 11.8 Å². The molecule has 0 radical (unpaired) electrons. The number of rotatable bonds is 7. The molecule has 0 aromatic heterocycles. The highest BCUT2D eigenvalue weighted by atomic mass is 32.2. The minimum absolute atomic E-state index is 0.0651. The summed E-state index contributed by atoms with van der Waals surface area (Å²) >= 11 is 1.62. The van der Waals surface area contributed by atoms with Crippen molar-refractivity contribution in [3.05, 3.63) is 28.3 Å². The summed E-state index contributed by atoms with van der Waals surface area (Å²) in [5, 5.41) is 10.8. The van der Waals surface area contributed by atoms with Crippen molar-refractivity contribution in [2.24, 2.45) is 5.92 Å². The lowest BCUT2D eigenvalue weighted by atomic mass is 10.2. The third kappa shape index (κ3) is 4.36. The lowest BCUT2D eigenvalue weighted by Gasteiger charge is -2.12. The molecule has 0 aliphatic carbocycles. The number of nitrogen functional groups attached to an aromatic ring is 1. The van der Waals surface area contributed by atoms with E-state index in [1.807, 2.05) is 13.2 Å². The Labute approximate surface area is 122 Å². The molecule has 1 atom stereocenters. The summed E-state index contributed by atoms with van der Waals surface area (Å²) in [6, 6.07) is 3.44. The van der Waals surface area contributed by atoms with Crippen molar-refractivity contribution in [2.45, 2.75) is 11.8 Å². The molecule has 1 unspecified atom stereocenters. The number of nitrogens with zero attached hydrogens (tertiary/aromatic N) is 1. The van der Waals surface area contributed by atoms with Crippen LogP contribution in [0.1, 0.15) is 6.92 Å². The number of nitro groups is 1. The molecule has 0 heterocycles. The molecule has 0 spiro atoms. The van der Waals surface area contributed by atoms with Gasteiger partial charge in [-0.15, -0.1) is 0 Å². The molecule has 0 saturated heterocycles. The molecule has 0 saturated carbocycles. The maximum absolute atomic E-state index is 12.0. The van der Waals surface area contributed by atoms with Gasteiger partial charge in [0.1, 0.15) is 5.69 Å². The number of nitrogens with one attached hydrogen (secondary N) is 1. The van der Waals surface area contributed by atoms with Gasteiger partial charge in [0.2, 0.25) is 10.0 Å². The van der Waals surface area contributed by atoms with Crippen LogP contribution in [0, 0.1) is 16.0 Å². The molecule has 0 aliphatic heterocycles. The maximum atomic E-state index is 12.0. The van der Waals surface area contributed by atoms with Crippen molar-refractivity contribution in [3.8, 4) is 0 Å². The first kappa shape index (κ1) is 16.7. The van der Waals surface area contributed by atoms with E-state index >= 15 is 0 Å². The van der Waals surface area contributed by atoms with Gasteiger partial charge in [-0.25, -0.2) is 13.1 Å². The predicted octanol–water partition coefficient (Wildman–Crippen LogP) is 1.45. The monoisotopic (exact) mass is 319 g/mol. The average molecular weight is 319 g/mol. The van der Waals surface area contributed by atoms with E-state index in [4.69, 9.17) is 5.73 Å². The standard InChI is InChI=1S/C11H17N3O4S2/c1-8(7-19-2)6-13-20(17,18)9-3-4-10(12)11(5-9)14(15)16/h3-5,8,13H,6-7,12H2,1-2H3. The molecule has 0 aliphatic rings. The summed E-state index contributed by atoms with van der Waals surface area (Å²) in [6.07, 6.45) is 1.94. The summed E-state index contributed by atoms with van der Waals surface area (Å²) in [4.78, 5) is 9.90. The SMILES string of the molecule is CSCC(C)CNS(=O)(=O)c1ccc(N)c([N+](=O)[O-])c1. The van der Waals surface area contributed by atoms with Crippen LogP contribution in [-0.2, 0) is 10.0 Å². The van der Waals surface area contributed by atoms with Crippen molar-refractivity contribution in [2.75, 3.05) is 24.3 Å². The van der Waals surface area contributed by atoms with Gasteiger partial charge in [-0.2, -0.15) is 11.8 Å². The second-order valence-corrected chi connectivity index (χ2v) is 7.07. The number of hydrogen-bond donors (Lipinski definition) is 2. The topological polar surface area (TPSA) is 115 Å². The predicted molar refractivity (Wildman–Crippen MR) is 80.2 cm³/mol. The van der Waals surface area contributed by atoms with Crippen LogP contribution >= 0.6 is 11.8 Å². The van der Waals surface area contributed by atoms with Crippen molar-refractivity contribution in [1.82, 2.24) is 4.72 Å². The molecule has 0 amide bonds. The molecule has 20 heavy (non-hydrogen) atoms. The Bertz CT molecular complexity index is 589. The highest BCUT2D eigenvalue weighted by Crippen LogP contribution is 2.24. The van der Waals surface area contributed by atoms with Gasteiger partial charge >= 0.3 is 0 Å². The van der Waals surface area contributed by atoms with Crippen molar-refractivity contribution in [1.29, 1.82) is 0 Å². The van der Waals surface area contributed by atoms with Gasteiger partial charge in [-0.1, -0.05) is 6.92 Å². The fourth-order valence-electron chi connectivity index (χ4n) is 1.53. The fourth-order valence-corrected chi connectivity index (χ4v) is 3.40. The normalized spacial score (nSPS) is 13.1. The third-order valence-corrected chi connectivity index (χ3v) is 4.91. The Morgan fingerprint density at radius 2 is 2.15 bits per heavy atom. The molecular formula is C11H17N3O4S2. The van der Waals surface area contributed by atoms with Crippen LogP contribution in [0.4, 0.5) is 11.4 Å². The molecule has 7 nitrogen and oxygen atoms in total. The highest BCUT2D eigenvalue weighted by Gasteiger charge is 2.20. The van der Waals surface area contributed by atoms with Crippen molar-refractivity contribution < 1.29 is 13.3 Å². The maximum Gasteiger partial charge on any atom is 0.293 e. The first-order valence-corrected chi connectivity index (χ1v) is 8.68. The molecule has 112 valence electrons. The third-order valence-electron chi connectivity index (χ3n) is 2.58. The van der Waals surface area contributed by atoms with Gasteiger partial charge in [0.15, 0.2) is 0 Å². The van der Waals surface area contributed by atoms with Gasteiger partial charge < -0.3 is 5.73 Å². The Morgan fingerprint density at radius 1 is 1.50 bits per heavy atom. The van der Waals surface area contributed by atoms with E-state index in [0.29, 0.717) is 0 Å².